The summed E-state index contributed by atoms with van der Waals surface area (Å²) >= 11 is 0. The minimum absolute atomic E-state index is 0.325. The number of rotatable bonds is 3. The molecular weight excluding hydrogens is 294 g/mol. The van der Waals surface area contributed by atoms with Crippen LogP contribution < -0.4 is 5.32 Å². The molecule has 0 aliphatic heterocycles. The first-order valence-electron chi connectivity index (χ1n) is 7.51. The second kappa shape index (κ2) is 5.62. The fourth-order valence-corrected chi connectivity index (χ4v) is 3.17. The number of aromatic nitrogens is 2. The molecule has 2 aromatic rings. The third-order valence-electron chi connectivity index (χ3n) is 4.43. The summed E-state index contributed by atoms with van der Waals surface area (Å²) in [4.78, 5) is 24.8. The van der Waals surface area contributed by atoms with Crippen molar-refractivity contribution in [2.24, 2.45) is 7.05 Å². The summed E-state index contributed by atoms with van der Waals surface area (Å²) in [5, 5.41) is 17.0. The Balaban J connectivity index is 1.84. The van der Waals surface area contributed by atoms with E-state index in [4.69, 9.17) is 0 Å². The van der Waals surface area contributed by atoms with Gasteiger partial charge in [0.2, 0.25) is 0 Å². The van der Waals surface area contributed by atoms with Gasteiger partial charge in [-0.15, -0.1) is 0 Å². The van der Waals surface area contributed by atoms with E-state index in [2.05, 4.69) is 10.4 Å². The Morgan fingerprint density at radius 1 is 1.30 bits per heavy atom. The lowest BCUT2D eigenvalue weighted by Crippen LogP contribution is -2.38. The van der Waals surface area contributed by atoms with E-state index in [1.165, 1.54) is 0 Å². The highest BCUT2D eigenvalue weighted by molar-refractivity contribution is 6.43. The molecule has 0 radical (unpaired) electrons. The summed E-state index contributed by atoms with van der Waals surface area (Å²) < 4.78 is 1.58. The molecule has 1 aliphatic rings. The first kappa shape index (κ1) is 15.4. The Kier molecular flexibility index (Phi) is 3.77. The van der Waals surface area contributed by atoms with Crippen LogP contribution in [0.1, 0.15) is 38.9 Å². The molecule has 0 fully saturated rings. The van der Waals surface area contributed by atoms with Gasteiger partial charge in [-0.1, -0.05) is 24.3 Å². The number of fused-ring (bicyclic) bond motifs is 1. The van der Waals surface area contributed by atoms with Gasteiger partial charge < -0.3 is 10.4 Å². The fraction of sp³-hybridized carbons (Fsp3) is 0.353. The molecule has 1 amide bonds. The molecule has 0 saturated heterocycles. The molecule has 1 aromatic heterocycles. The Labute approximate surface area is 134 Å². The van der Waals surface area contributed by atoms with Gasteiger partial charge >= 0.3 is 0 Å². The van der Waals surface area contributed by atoms with Crippen LogP contribution in [0.5, 0.6) is 0 Å². The van der Waals surface area contributed by atoms with Crippen molar-refractivity contribution in [1.82, 2.24) is 15.1 Å². The second-order valence-corrected chi connectivity index (χ2v) is 5.92. The molecule has 2 unspecified atom stereocenters. The van der Waals surface area contributed by atoms with Crippen LogP contribution >= 0.6 is 0 Å². The van der Waals surface area contributed by atoms with Crippen LogP contribution in [0.2, 0.25) is 0 Å². The second-order valence-electron chi connectivity index (χ2n) is 5.92. The monoisotopic (exact) mass is 313 g/mol. The zero-order valence-electron chi connectivity index (χ0n) is 13.3. The number of aliphatic hydroxyl groups is 1. The van der Waals surface area contributed by atoms with Gasteiger partial charge in [-0.2, -0.15) is 5.10 Å². The van der Waals surface area contributed by atoms with Gasteiger partial charge in [0.25, 0.3) is 11.7 Å². The van der Waals surface area contributed by atoms with Gasteiger partial charge in [0.1, 0.15) is 0 Å². The largest absolute Gasteiger partial charge is 0.390 e. The molecule has 1 aromatic carbocycles. The predicted molar refractivity (Wildman–Crippen MR) is 84.0 cm³/mol. The molecule has 23 heavy (non-hydrogen) atoms. The highest BCUT2D eigenvalue weighted by atomic mass is 16.3. The van der Waals surface area contributed by atoms with E-state index in [0.717, 1.165) is 11.1 Å². The molecule has 0 spiro atoms. The first-order valence-corrected chi connectivity index (χ1v) is 7.51. The van der Waals surface area contributed by atoms with Crippen LogP contribution in [0.25, 0.3) is 0 Å². The highest BCUT2D eigenvalue weighted by Gasteiger charge is 2.34. The lowest BCUT2D eigenvalue weighted by atomic mass is 10.1. The SMILES string of the molecule is Cc1nn(C)c(C)c1C(=O)C(=O)NC1c2ccccc2CC1O. The van der Waals surface area contributed by atoms with Crippen molar-refractivity contribution in [3.63, 3.8) is 0 Å². The Bertz CT molecular complexity index is 794. The molecule has 2 atom stereocenters. The lowest BCUT2D eigenvalue weighted by Gasteiger charge is -2.17. The lowest BCUT2D eigenvalue weighted by molar-refractivity contribution is -0.118. The van der Waals surface area contributed by atoms with Gasteiger partial charge in [-0.25, -0.2) is 0 Å². The van der Waals surface area contributed by atoms with Crippen molar-refractivity contribution in [2.75, 3.05) is 0 Å². The van der Waals surface area contributed by atoms with Crippen molar-refractivity contribution in [2.45, 2.75) is 32.4 Å². The number of ketones is 1. The zero-order valence-corrected chi connectivity index (χ0v) is 13.3. The normalized spacial score (nSPS) is 19.5. The molecule has 6 heteroatoms. The number of aryl methyl sites for hydroxylation is 2. The molecule has 120 valence electrons. The predicted octanol–water partition coefficient (Wildman–Crippen LogP) is 0.994. The summed E-state index contributed by atoms with van der Waals surface area (Å²) in [6.45, 7) is 3.45. The standard InChI is InChI=1S/C17H19N3O3/c1-9-14(10(2)20(3)19-9)16(22)17(23)18-15-12-7-5-4-6-11(12)8-13(15)21/h4-7,13,15,21H,8H2,1-3H3,(H,18,23). The quantitative estimate of drug-likeness (QED) is 0.654. The van der Waals surface area contributed by atoms with Crippen LogP contribution in [-0.2, 0) is 18.3 Å². The van der Waals surface area contributed by atoms with Crippen molar-refractivity contribution in [3.8, 4) is 0 Å². The maximum absolute atomic E-state index is 12.5. The topological polar surface area (TPSA) is 84.2 Å². The molecule has 2 N–H and O–H groups in total. The van der Waals surface area contributed by atoms with E-state index in [0.29, 0.717) is 23.4 Å². The van der Waals surface area contributed by atoms with Crippen molar-refractivity contribution >= 4 is 11.7 Å². The van der Waals surface area contributed by atoms with E-state index in [1.807, 2.05) is 24.3 Å². The highest BCUT2D eigenvalue weighted by Crippen LogP contribution is 2.31. The summed E-state index contributed by atoms with van der Waals surface area (Å²) in [7, 11) is 1.73. The van der Waals surface area contributed by atoms with Crippen LogP contribution in [-0.4, -0.2) is 32.7 Å². The Hall–Kier alpha value is -2.47. The van der Waals surface area contributed by atoms with Gasteiger partial charge in [0.05, 0.1) is 23.4 Å². The maximum atomic E-state index is 12.5. The minimum atomic E-state index is -0.722. The van der Waals surface area contributed by atoms with Crippen LogP contribution in [0.15, 0.2) is 24.3 Å². The van der Waals surface area contributed by atoms with E-state index in [-0.39, 0.29) is 0 Å². The van der Waals surface area contributed by atoms with Gasteiger partial charge in [-0.3, -0.25) is 14.3 Å². The molecule has 1 aliphatic carbocycles. The average Bonchev–Trinajstić information content (AvgIpc) is 2.95. The maximum Gasteiger partial charge on any atom is 0.293 e. The van der Waals surface area contributed by atoms with Gasteiger partial charge in [0, 0.05) is 19.2 Å². The van der Waals surface area contributed by atoms with Crippen molar-refractivity contribution < 1.29 is 14.7 Å². The van der Waals surface area contributed by atoms with E-state index in [9.17, 15) is 14.7 Å². The number of carbonyl (C=O) groups excluding carboxylic acids is 2. The smallest absolute Gasteiger partial charge is 0.293 e. The molecule has 3 rings (SSSR count). The summed E-state index contributed by atoms with van der Waals surface area (Å²) in [5.74, 6) is -1.34. The average molecular weight is 313 g/mol. The van der Waals surface area contributed by atoms with Crippen LogP contribution in [0.3, 0.4) is 0 Å². The molecule has 0 bridgehead atoms. The van der Waals surface area contributed by atoms with E-state index >= 15 is 0 Å². The summed E-state index contributed by atoms with van der Waals surface area (Å²) in [6, 6.07) is 6.97. The number of Topliss-reactive ketones (excluding diaryl/α,β-unsaturated/α-hetero) is 1. The Morgan fingerprint density at radius 3 is 2.65 bits per heavy atom. The van der Waals surface area contributed by atoms with Gasteiger partial charge in [0.15, 0.2) is 0 Å². The molecule has 6 nitrogen and oxygen atoms in total. The molecular formula is C17H19N3O3. The van der Waals surface area contributed by atoms with Gasteiger partial charge in [-0.05, 0) is 25.0 Å². The van der Waals surface area contributed by atoms with Crippen LogP contribution in [0.4, 0.5) is 0 Å². The summed E-state index contributed by atoms with van der Waals surface area (Å²) in [6.07, 6.45) is -0.250. The minimum Gasteiger partial charge on any atom is -0.390 e. The van der Waals surface area contributed by atoms with E-state index < -0.39 is 23.8 Å². The fourth-order valence-electron chi connectivity index (χ4n) is 3.17. The third-order valence-corrected chi connectivity index (χ3v) is 4.43. The summed E-state index contributed by atoms with van der Waals surface area (Å²) in [5.41, 5.74) is 3.35. The van der Waals surface area contributed by atoms with Crippen molar-refractivity contribution in [1.29, 1.82) is 0 Å². The van der Waals surface area contributed by atoms with Crippen molar-refractivity contribution in [3.05, 3.63) is 52.3 Å². The molecule has 1 heterocycles. The number of nitrogens with zero attached hydrogens (tertiary/aromatic N) is 2. The number of nitrogens with one attached hydrogen (secondary N) is 1. The number of aliphatic hydroxyl groups excluding tert-OH is 1. The number of hydrogen-bond acceptors (Lipinski definition) is 4. The zero-order chi connectivity index (χ0) is 16.7. The first-order chi connectivity index (χ1) is 10.9. The number of amides is 1. The number of benzene rings is 1. The van der Waals surface area contributed by atoms with Crippen LogP contribution in [0, 0.1) is 13.8 Å². The third kappa shape index (κ3) is 2.55. The number of hydrogen-bond donors (Lipinski definition) is 2. The Morgan fingerprint density at radius 2 is 2.00 bits per heavy atom. The number of carbonyl (C=O) groups is 2. The molecule has 0 saturated carbocycles. The van der Waals surface area contributed by atoms with E-state index in [1.54, 1.807) is 25.6 Å².